The molecule has 2 aliphatic heterocycles. The summed E-state index contributed by atoms with van der Waals surface area (Å²) >= 11 is 0. The summed E-state index contributed by atoms with van der Waals surface area (Å²) in [7, 11) is 0. The van der Waals surface area contributed by atoms with Crippen molar-refractivity contribution in [3.63, 3.8) is 0 Å². The molecular formula is C25H34N4O3. The largest absolute Gasteiger partial charge is 0.348 e. The highest BCUT2D eigenvalue weighted by Crippen LogP contribution is 2.23. The van der Waals surface area contributed by atoms with Crippen molar-refractivity contribution in [2.75, 3.05) is 32.7 Å². The fourth-order valence-corrected chi connectivity index (χ4v) is 5.08. The fraction of sp³-hybridized carbons (Fsp3) is 0.560. The highest BCUT2D eigenvalue weighted by molar-refractivity contribution is 6.45. The molecule has 0 spiro atoms. The SMILES string of the molecule is CCN1CCCC1CNC(=O)C(=O)c1cn(CC(=O)N2CCCCCC2)c2ccccc12. The minimum Gasteiger partial charge on any atom is -0.348 e. The van der Waals surface area contributed by atoms with Crippen LogP contribution in [0.3, 0.4) is 0 Å². The molecule has 2 saturated heterocycles. The molecule has 1 unspecified atom stereocenters. The molecule has 0 saturated carbocycles. The van der Waals surface area contributed by atoms with E-state index in [4.69, 9.17) is 0 Å². The third-order valence-electron chi connectivity index (χ3n) is 6.91. The van der Waals surface area contributed by atoms with Crippen LogP contribution in [0.4, 0.5) is 0 Å². The number of amides is 2. The first-order valence-corrected chi connectivity index (χ1v) is 12.0. The Morgan fingerprint density at radius 2 is 1.75 bits per heavy atom. The lowest BCUT2D eigenvalue weighted by atomic mass is 10.1. The van der Waals surface area contributed by atoms with Crippen LogP contribution >= 0.6 is 0 Å². The van der Waals surface area contributed by atoms with Crippen LogP contribution in [0, 0.1) is 0 Å². The van der Waals surface area contributed by atoms with Gasteiger partial charge in [0.05, 0.1) is 5.56 Å². The number of rotatable bonds is 7. The molecule has 7 nitrogen and oxygen atoms in total. The Morgan fingerprint density at radius 3 is 2.50 bits per heavy atom. The minimum atomic E-state index is -0.574. The number of hydrogen-bond donors (Lipinski definition) is 1. The number of nitrogens with one attached hydrogen (secondary N) is 1. The number of nitrogens with zero attached hydrogens (tertiary/aromatic N) is 3. The van der Waals surface area contributed by atoms with Crippen molar-refractivity contribution in [2.24, 2.45) is 0 Å². The zero-order valence-electron chi connectivity index (χ0n) is 19.0. The number of aromatic nitrogens is 1. The van der Waals surface area contributed by atoms with Gasteiger partial charge >= 0.3 is 0 Å². The van der Waals surface area contributed by atoms with Crippen LogP contribution in [0.1, 0.15) is 55.8 Å². The zero-order valence-corrected chi connectivity index (χ0v) is 19.0. The Balaban J connectivity index is 1.48. The van der Waals surface area contributed by atoms with Crippen LogP contribution in [0.25, 0.3) is 10.9 Å². The highest BCUT2D eigenvalue weighted by Gasteiger charge is 2.27. The van der Waals surface area contributed by atoms with Crippen LogP contribution in [-0.4, -0.2) is 70.7 Å². The first-order chi connectivity index (χ1) is 15.6. The summed E-state index contributed by atoms with van der Waals surface area (Å²) in [5, 5.41) is 3.56. The Labute approximate surface area is 189 Å². The van der Waals surface area contributed by atoms with E-state index in [0.717, 1.165) is 57.4 Å². The normalized spacial score (nSPS) is 19.8. The van der Waals surface area contributed by atoms with Crippen molar-refractivity contribution in [3.8, 4) is 0 Å². The maximum absolute atomic E-state index is 13.0. The van der Waals surface area contributed by atoms with Gasteiger partial charge in [-0.15, -0.1) is 0 Å². The van der Waals surface area contributed by atoms with Crippen LogP contribution in [0.5, 0.6) is 0 Å². The van der Waals surface area contributed by atoms with Crippen LogP contribution < -0.4 is 5.32 Å². The van der Waals surface area contributed by atoms with Gasteiger partial charge in [-0.3, -0.25) is 19.3 Å². The van der Waals surface area contributed by atoms with E-state index in [0.29, 0.717) is 23.5 Å². The second-order valence-corrected chi connectivity index (χ2v) is 8.95. The summed E-state index contributed by atoms with van der Waals surface area (Å²) in [6.45, 7) is 6.38. The van der Waals surface area contributed by atoms with Gasteiger partial charge in [0.25, 0.3) is 11.7 Å². The van der Waals surface area contributed by atoms with E-state index in [9.17, 15) is 14.4 Å². The van der Waals surface area contributed by atoms with Crippen molar-refractivity contribution in [1.29, 1.82) is 0 Å². The number of hydrogen-bond acceptors (Lipinski definition) is 4. The van der Waals surface area contributed by atoms with Gasteiger partial charge in [0.2, 0.25) is 5.91 Å². The third-order valence-corrected chi connectivity index (χ3v) is 6.91. The van der Waals surface area contributed by atoms with E-state index < -0.39 is 11.7 Å². The summed E-state index contributed by atoms with van der Waals surface area (Å²) < 4.78 is 1.82. The van der Waals surface area contributed by atoms with Gasteiger partial charge in [0, 0.05) is 42.8 Å². The molecule has 3 heterocycles. The molecule has 32 heavy (non-hydrogen) atoms. The van der Waals surface area contributed by atoms with Gasteiger partial charge in [0.1, 0.15) is 6.54 Å². The number of benzene rings is 1. The number of ketones is 1. The molecule has 0 radical (unpaired) electrons. The summed E-state index contributed by atoms with van der Waals surface area (Å²) in [5.74, 6) is -1.05. The molecule has 2 fully saturated rings. The summed E-state index contributed by atoms with van der Waals surface area (Å²) in [5.41, 5.74) is 1.17. The highest BCUT2D eigenvalue weighted by atomic mass is 16.2. The standard InChI is InChI=1S/C25H34N4O3/c1-2-27-15-9-10-19(27)16-26-25(32)24(31)21-17-29(22-12-6-5-11-20(21)22)18-23(30)28-13-7-3-4-8-14-28/h5-6,11-12,17,19H,2-4,7-10,13-16,18H2,1H3,(H,26,32). The van der Waals surface area contributed by atoms with Gasteiger partial charge in [-0.05, 0) is 44.8 Å². The van der Waals surface area contributed by atoms with Crippen molar-refractivity contribution in [2.45, 2.75) is 58.0 Å². The van der Waals surface area contributed by atoms with Crippen LogP contribution in [0.2, 0.25) is 0 Å². The first-order valence-electron chi connectivity index (χ1n) is 12.0. The molecule has 2 aromatic rings. The van der Waals surface area contributed by atoms with Crippen LogP contribution in [0.15, 0.2) is 30.5 Å². The van der Waals surface area contributed by atoms with Crippen molar-refractivity contribution in [3.05, 3.63) is 36.0 Å². The zero-order chi connectivity index (χ0) is 22.5. The first kappa shape index (κ1) is 22.5. The van der Waals surface area contributed by atoms with Crippen molar-refractivity contribution < 1.29 is 14.4 Å². The molecule has 1 aromatic carbocycles. The molecule has 2 amide bonds. The lowest BCUT2D eigenvalue weighted by Crippen LogP contribution is -2.42. The molecule has 1 atom stereocenters. The average Bonchev–Trinajstić information content (AvgIpc) is 3.31. The molecule has 172 valence electrons. The van der Waals surface area contributed by atoms with Gasteiger partial charge in [-0.1, -0.05) is 38.0 Å². The van der Waals surface area contributed by atoms with Gasteiger partial charge in [0.15, 0.2) is 0 Å². The molecule has 4 rings (SSSR count). The lowest BCUT2D eigenvalue weighted by molar-refractivity contribution is -0.131. The van der Waals surface area contributed by atoms with Gasteiger partial charge in [-0.2, -0.15) is 0 Å². The Morgan fingerprint density at radius 1 is 1.00 bits per heavy atom. The monoisotopic (exact) mass is 438 g/mol. The molecule has 0 aliphatic carbocycles. The Bertz CT molecular complexity index is 975. The molecule has 1 aromatic heterocycles. The summed E-state index contributed by atoms with van der Waals surface area (Å²) in [4.78, 5) is 42.9. The molecular weight excluding hydrogens is 404 g/mol. The molecule has 1 N–H and O–H groups in total. The van der Waals surface area contributed by atoms with Crippen molar-refractivity contribution >= 4 is 28.5 Å². The molecule has 0 bridgehead atoms. The van der Waals surface area contributed by atoms with Gasteiger partial charge in [-0.25, -0.2) is 0 Å². The topological polar surface area (TPSA) is 74.6 Å². The predicted molar refractivity (Wildman–Crippen MR) is 125 cm³/mol. The van der Waals surface area contributed by atoms with E-state index in [-0.39, 0.29) is 12.5 Å². The third kappa shape index (κ3) is 4.88. The number of carbonyl (C=O) groups is 3. The van der Waals surface area contributed by atoms with Gasteiger partial charge < -0.3 is 14.8 Å². The van der Waals surface area contributed by atoms with E-state index in [1.165, 1.54) is 12.8 Å². The Hall–Kier alpha value is -2.67. The Kier molecular flexibility index (Phi) is 7.25. The van der Waals surface area contributed by atoms with Crippen LogP contribution in [-0.2, 0) is 16.1 Å². The average molecular weight is 439 g/mol. The maximum Gasteiger partial charge on any atom is 0.292 e. The molecule has 2 aliphatic rings. The number of fused-ring (bicyclic) bond motifs is 1. The smallest absolute Gasteiger partial charge is 0.292 e. The summed E-state index contributed by atoms with van der Waals surface area (Å²) in [6, 6.07) is 7.79. The van der Waals surface area contributed by atoms with E-state index in [1.807, 2.05) is 33.7 Å². The number of Topliss-reactive ketones (excluding diaryl/α,β-unsaturated/α-hetero) is 1. The van der Waals surface area contributed by atoms with E-state index in [2.05, 4.69) is 17.1 Å². The number of carbonyl (C=O) groups excluding carboxylic acids is 3. The lowest BCUT2D eigenvalue weighted by Gasteiger charge is -2.22. The minimum absolute atomic E-state index is 0.0667. The number of likely N-dealkylation sites (N-methyl/N-ethyl adjacent to an activating group) is 1. The predicted octanol–water partition coefficient (Wildman–Crippen LogP) is 2.83. The van der Waals surface area contributed by atoms with Crippen molar-refractivity contribution in [1.82, 2.24) is 19.7 Å². The molecule has 7 heteroatoms. The fourth-order valence-electron chi connectivity index (χ4n) is 5.08. The van der Waals surface area contributed by atoms with E-state index in [1.54, 1.807) is 6.20 Å². The second-order valence-electron chi connectivity index (χ2n) is 8.95. The number of likely N-dealkylation sites (tertiary alicyclic amines) is 2. The summed E-state index contributed by atoms with van der Waals surface area (Å²) in [6.07, 6.45) is 8.26. The second kappa shape index (κ2) is 10.3. The maximum atomic E-state index is 13.0. The van der Waals surface area contributed by atoms with E-state index >= 15 is 0 Å². The number of para-hydroxylation sites is 1. The quantitative estimate of drug-likeness (QED) is 0.533.